The van der Waals surface area contributed by atoms with Crippen LogP contribution in [0.25, 0.3) is 0 Å². The molecule has 6 nitrogen and oxygen atoms in total. The minimum Gasteiger partial charge on any atom is -0.493 e. The fourth-order valence-corrected chi connectivity index (χ4v) is 4.72. The topological polar surface area (TPSA) is 66.0 Å². The van der Waals surface area contributed by atoms with Gasteiger partial charge >= 0.3 is 0 Å². The predicted molar refractivity (Wildman–Crippen MR) is 145 cm³/mol. The maximum absolute atomic E-state index is 13.1. The first-order valence-electron chi connectivity index (χ1n) is 11.5. The Balaban J connectivity index is 2.22. The number of carbonyl (C=O) groups excluding carboxylic acids is 1. The maximum atomic E-state index is 13.1. The highest BCUT2D eigenvalue weighted by Gasteiger charge is 2.37. The third-order valence-electron chi connectivity index (χ3n) is 6.59. The molecule has 0 aliphatic heterocycles. The van der Waals surface area contributed by atoms with E-state index in [1.165, 1.54) is 21.3 Å². The fraction of sp³-hybridized carbons (Fsp3) is 0.500. The number of rotatable bonds is 11. The largest absolute Gasteiger partial charge is 0.493 e. The molecule has 0 aliphatic rings. The van der Waals surface area contributed by atoms with Gasteiger partial charge in [0.05, 0.1) is 31.4 Å². The molecule has 1 N–H and O–H groups in total. The zero-order valence-electron chi connectivity index (χ0n) is 21.9. The number of hydrogen-bond acceptors (Lipinski definition) is 5. The molecule has 0 spiro atoms. The molecule has 35 heavy (non-hydrogen) atoms. The molecule has 0 fully saturated rings. The van der Waals surface area contributed by atoms with E-state index >= 15 is 0 Å². The van der Waals surface area contributed by atoms with Crippen molar-refractivity contribution >= 4 is 37.4 Å². The lowest BCUT2D eigenvalue weighted by molar-refractivity contribution is 0.0948. The van der Waals surface area contributed by atoms with E-state index in [9.17, 15) is 4.79 Å². The molecule has 194 valence electrons. The Hall–Kier alpha value is -1.93. The van der Waals surface area contributed by atoms with Crippen LogP contribution in [0.15, 0.2) is 30.3 Å². The molecule has 0 radical (unpaired) electrons. The van der Waals surface area contributed by atoms with E-state index in [-0.39, 0.29) is 16.9 Å². The highest BCUT2D eigenvalue weighted by Crippen LogP contribution is 2.39. The van der Waals surface area contributed by atoms with Crippen LogP contribution in [0.4, 0.5) is 0 Å². The molecule has 9 heteroatoms. The van der Waals surface area contributed by atoms with Gasteiger partial charge in [-0.2, -0.15) is 0 Å². The first-order valence-corrected chi connectivity index (χ1v) is 15.2. The summed E-state index contributed by atoms with van der Waals surface area (Å²) in [5.74, 6) is 1.00. The van der Waals surface area contributed by atoms with Crippen molar-refractivity contribution in [1.29, 1.82) is 0 Å². The molecule has 1 unspecified atom stereocenters. The lowest BCUT2D eigenvalue weighted by Crippen LogP contribution is -2.41. The minimum atomic E-state index is -1.89. The normalized spacial score (nSPS) is 12.7. The molecule has 0 saturated carbocycles. The highest BCUT2D eigenvalue weighted by molar-refractivity contribution is 6.74. The minimum absolute atomic E-state index is 0.0134. The second-order valence-electron chi connectivity index (χ2n) is 9.89. The first-order chi connectivity index (χ1) is 16.3. The number of halogens is 2. The van der Waals surface area contributed by atoms with Crippen molar-refractivity contribution in [3.63, 3.8) is 0 Å². The van der Waals surface area contributed by atoms with Crippen LogP contribution in [0, 0.1) is 0 Å². The maximum Gasteiger partial charge on any atom is 0.251 e. The van der Waals surface area contributed by atoms with E-state index in [1.54, 1.807) is 18.2 Å². The van der Waals surface area contributed by atoms with Crippen LogP contribution in [0.1, 0.15) is 49.0 Å². The van der Waals surface area contributed by atoms with E-state index in [0.717, 1.165) is 12.0 Å². The highest BCUT2D eigenvalue weighted by atomic mass is 35.5. The number of nitrogens with one attached hydrogen (secondary N) is 1. The quantitative estimate of drug-likeness (QED) is 0.312. The van der Waals surface area contributed by atoms with Crippen LogP contribution in [-0.4, -0.2) is 48.7 Å². The van der Waals surface area contributed by atoms with Crippen molar-refractivity contribution in [2.24, 2.45) is 0 Å². The van der Waals surface area contributed by atoms with Crippen molar-refractivity contribution in [3.05, 3.63) is 51.5 Å². The second kappa shape index (κ2) is 12.3. The molecular weight excluding hydrogens is 505 g/mol. The zero-order chi connectivity index (χ0) is 26.4. The van der Waals surface area contributed by atoms with Crippen molar-refractivity contribution in [2.75, 3.05) is 34.5 Å². The SMILES string of the molecule is COc1cc(C(=O)NCC(CCO[Si](C)(C)C(C)(C)C)c2ccc(Cl)c(Cl)c2)cc(OC)c1OC. The summed E-state index contributed by atoms with van der Waals surface area (Å²) in [4.78, 5) is 13.1. The van der Waals surface area contributed by atoms with Gasteiger partial charge in [-0.25, -0.2) is 0 Å². The summed E-state index contributed by atoms with van der Waals surface area (Å²) in [7, 11) is 2.66. The van der Waals surface area contributed by atoms with Gasteiger partial charge in [-0.05, 0) is 54.4 Å². The van der Waals surface area contributed by atoms with Crippen LogP contribution in [0.5, 0.6) is 17.2 Å². The Kier molecular flexibility index (Phi) is 10.3. The van der Waals surface area contributed by atoms with Crippen molar-refractivity contribution in [1.82, 2.24) is 5.32 Å². The van der Waals surface area contributed by atoms with Crippen LogP contribution in [0.2, 0.25) is 28.2 Å². The smallest absolute Gasteiger partial charge is 0.251 e. The summed E-state index contributed by atoms with van der Waals surface area (Å²) in [6.07, 6.45) is 0.722. The van der Waals surface area contributed by atoms with Crippen LogP contribution >= 0.6 is 23.2 Å². The summed E-state index contributed by atoms with van der Waals surface area (Å²) in [6.45, 7) is 12.1. The number of benzene rings is 2. The van der Waals surface area contributed by atoms with Crippen molar-refractivity contribution < 1.29 is 23.4 Å². The van der Waals surface area contributed by atoms with Gasteiger partial charge in [0.2, 0.25) is 5.75 Å². The van der Waals surface area contributed by atoms with E-state index in [1.807, 2.05) is 12.1 Å². The molecule has 0 bridgehead atoms. The number of ether oxygens (including phenoxy) is 3. The van der Waals surface area contributed by atoms with E-state index < -0.39 is 8.32 Å². The third-order valence-corrected chi connectivity index (χ3v) is 11.9. The number of carbonyl (C=O) groups is 1. The average molecular weight is 543 g/mol. The first kappa shape index (κ1) is 29.3. The van der Waals surface area contributed by atoms with Gasteiger partial charge < -0.3 is 24.0 Å². The molecule has 0 aromatic heterocycles. The summed E-state index contributed by atoms with van der Waals surface area (Å²) in [6, 6.07) is 8.84. The molecule has 2 aromatic rings. The Morgan fingerprint density at radius 3 is 2.06 bits per heavy atom. The van der Waals surface area contributed by atoms with Gasteiger partial charge in [0, 0.05) is 24.6 Å². The van der Waals surface area contributed by atoms with E-state index in [4.69, 9.17) is 41.8 Å². The van der Waals surface area contributed by atoms with Crippen molar-refractivity contribution in [3.8, 4) is 17.2 Å². The van der Waals surface area contributed by atoms with Gasteiger partial charge in [-0.3, -0.25) is 4.79 Å². The molecule has 1 amide bonds. The predicted octanol–water partition coefficient (Wildman–Crippen LogP) is 6.94. The Morgan fingerprint density at radius 1 is 0.971 bits per heavy atom. The molecular formula is C26H37Cl2NO5Si. The van der Waals surface area contributed by atoms with Gasteiger partial charge in [0.15, 0.2) is 19.8 Å². The second-order valence-corrected chi connectivity index (χ2v) is 15.5. The molecule has 2 rings (SSSR count). The summed E-state index contributed by atoms with van der Waals surface area (Å²) in [5, 5.41) is 4.13. The number of methoxy groups -OCH3 is 3. The number of hydrogen-bond donors (Lipinski definition) is 1. The lowest BCUT2D eigenvalue weighted by atomic mass is 9.96. The van der Waals surface area contributed by atoms with Crippen molar-refractivity contribution in [2.45, 2.75) is 51.2 Å². The Bertz CT molecular complexity index is 998. The van der Waals surface area contributed by atoms with Crippen LogP contribution in [0.3, 0.4) is 0 Å². The average Bonchev–Trinajstić information content (AvgIpc) is 2.80. The van der Waals surface area contributed by atoms with Gasteiger partial charge in [0.25, 0.3) is 5.91 Å². The van der Waals surface area contributed by atoms with Crippen LogP contribution < -0.4 is 19.5 Å². The van der Waals surface area contributed by atoms with Gasteiger partial charge in [-0.15, -0.1) is 0 Å². The van der Waals surface area contributed by atoms with Gasteiger partial charge in [-0.1, -0.05) is 50.0 Å². The Morgan fingerprint density at radius 2 is 1.57 bits per heavy atom. The monoisotopic (exact) mass is 541 g/mol. The van der Waals surface area contributed by atoms with Gasteiger partial charge in [0.1, 0.15) is 0 Å². The molecule has 1 atom stereocenters. The summed E-state index contributed by atoms with van der Waals surface area (Å²) < 4.78 is 22.5. The molecule has 0 saturated heterocycles. The number of amides is 1. The zero-order valence-corrected chi connectivity index (χ0v) is 24.4. The van der Waals surface area contributed by atoms with E-state index in [2.05, 4.69) is 39.2 Å². The van der Waals surface area contributed by atoms with Crippen LogP contribution in [-0.2, 0) is 4.43 Å². The van der Waals surface area contributed by atoms with E-state index in [0.29, 0.717) is 46.0 Å². The molecule has 0 aliphatic carbocycles. The third kappa shape index (κ3) is 7.53. The lowest BCUT2D eigenvalue weighted by Gasteiger charge is -2.36. The summed E-state index contributed by atoms with van der Waals surface area (Å²) in [5.41, 5.74) is 1.40. The molecule has 2 aromatic carbocycles. The standard InChI is InChI=1S/C26H37Cl2NO5Si/c1-26(2,3)35(7,8)34-12-11-18(17-9-10-20(27)21(28)13-17)16-29-25(30)19-14-22(31-4)24(33-6)23(15-19)32-5/h9-10,13-15,18H,11-12,16H2,1-8H3,(H,29,30). The molecule has 0 heterocycles. The Labute approximate surface area is 220 Å². The summed E-state index contributed by atoms with van der Waals surface area (Å²) >= 11 is 12.4. The fourth-order valence-electron chi connectivity index (χ4n) is 3.36.